The summed E-state index contributed by atoms with van der Waals surface area (Å²) in [5.41, 5.74) is 0.261. The largest absolute Gasteiger partial charge is 0.312 e. The molecule has 0 radical (unpaired) electrons. The van der Waals surface area contributed by atoms with Gasteiger partial charge in [0.05, 0.1) is 0 Å². The summed E-state index contributed by atoms with van der Waals surface area (Å²) >= 11 is 0. The van der Waals surface area contributed by atoms with Crippen molar-refractivity contribution in [1.82, 2.24) is 10.2 Å². The summed E-state index contributed by atoms with van der Waals surface area (Å²) < 4.78 is 0. The SMILES string of the molecule is C=CCN(CCCCNC(C)(C)C)C1CC1. The molecule has 0 spiro atoms. The van der Waals surface area contributed by atoms with Crippen molar-refractivity contribution in [1.29, 1.82) is 0 Å². The molecule has 2 nitrogen and oxygen atoms in total. The Hall–Kier alpha value is -0.340. The van der Waals surface area contributed by atoms with Gasteiger partial charge in [0.1, 0.15) is 0 Å². The maximum absolute atomic E-state index is 3.83. The van der Waals surface area contributed by atoms with E-state index >= 15 is 0 Å². The van der Waals surface area contributed by atoms with Crippen LogP contribution in [0.4, 0.5) is 0 Å². The van der Waals surface area contributed by atoms with Gasteiger partial charge in [-0.15, -0.1) is 6.58 Å². The van der Waals surface area contributed by atoms with Crippen LogP contribution < -0.4 is 5.32 Å². The normalized spacial score (nSPS) is 16.8. The van der Waals surface area contributed by atoms with E-state index < -0.39 is 0 Å². The fraction of sp³-hybridized carbons (Fsp3) is 0.857. The maximum atomic E-state index is 3.83. The standard InChI is InChI=1S/C14H28N2/c1-5-11-16(13-8-9-13)12-7-6-10-15-14(2,3)4/h5,13,15H,1,6-12H2,2-4H3. The quantitative estimate of drug-likeness (QED) is 0.504. The van der Waals surface area contributed by atoms with Gasteiger partial charge in [-0.05, 0) is 59.5 Å². The molecule has 0 aromatic heterocycles. The average Bonchev–Trinajstić information content (AvgIpc) is 2.97. The van der Waals surface area contributed by atoms with Gasteiger partial charge >= 0.3 is 0 Å². The lowest BCUT2D eigenvalue weighted by molar-refractivity contribution is 0.282. The van der Waals surface area contributed by atoms with Gasteiger partial charge in [-0.1, -0.05) is 6.08 Å². The highest BCUT2D eigenvalue weighted by atomic mass is 15.2. The Morgan fingerprint density at radius 1 is 1.31 bits per heavy atom. The molecular formula is C14H28N2. The van der Waals surface area contributed by atoms with Gasteiger partial charge < -0.3 is 5.32 Å². The molecule has 1 N–H and O–H groups in total. The van der Waals surface area contributed by atoms with E-state index in [1.165, 1.54) is 32.2 Å². The topological polar surface area (TPSA) is 15.3 Å². The monoisotopic (exact) mass is 224 g/mol. The zero-order chi connectivity index (χ0) is 12.0. The summed E-state index contributed by atoms with van der Waals surface area (Å²) in [4.78, 5) is 2.57. The van der Waals surface area contributed by atoms with E-state index in [9.17, 15) is 0 Å². The fourth-order valence-electron chi connectivity index (χ4n) is 1.93. The molecule has 0 saturated heterocycles. The lowest BCUT2D eigenvalue weighted by Gasteiger charge is -2.22. The van der Waals surface area contributed by atoms with Crippen molar-refractivity contribution in [3.63, 3.8) is 0 Å². The van der Waals surface area contributed by atoms with Crippen molar-refractivity contribution in [3.8, 4) is 0 Å². The molecule has 1 saturated carbocycles. The second-order valence-electron chi connectivity index (χ2n) is 5.90. The highest BCUT2D eigenvalue weighted by Crippen LogP contribution is 2.26. The predicted octanol–water partition coefficient (Wildman–Crippen LogP) is 2.81. The van der Waals surface area contributed by atoms with Gasteiger partial charge in [0.2, 0.25) is 0 Å². The number of unbranched alkanes of at least 4 members (excludes halogenated alkanes) is 1. The van der Waals surface area contributed by atoms with Crippen LogP contribution in [0.5, 0.6) is 0 Å². The molecule has 94 valence electrons. The molecule has 16 heavy (non-hydrogen) atoms. The van der Waals surface area contributed by atoms with Gasteiger partial charge in [-0.2, -0.15) is 0 Å². The summed E-state index contributed by atoms with van der Waals surface area (Å²) in [6.07, 6.45) is 7.40. The number of nitrogens with one attached hydrogen (secondary N) is 1. The summed E-state index contributed by atoms with van der Waals surface area (Å²) in [6, 6.07) is 0.869. The van der Waals surface area contributed by atoms with E-state index in [4.69, 9.17) is 0 Å². The third kappa shape index (κ3) is 6.29. The lowest BCUT2D eigenvalue weighted by atomic mass is 10.1. The first kappa shape index (κ1) is 13.7. The molecule has 0 bridgehead atoms. The summed E-state index contributed by atoms with van der Waals surface area (Å²) in [5.74, 6) is 0. The number of nitrogens with zero attached hydrogens (tertiary/aromatic N) is 1. The smallest absolute Gasteiger partial charge is 0.0163 e. The Kier molecular flexibility index (Phi) is 5.50. The highest BCUT2D eigenvalue weighted by Gasteiger charge is 2.27. The molecule has 0 amide bonds. The van der Waals surface area contributed by atoms with Crippen LogP contribution in [0.1, 0.15) is 46.5 Å². The van der Waals surface area contributed by atoms with E-state index in [2.05, 4.69) is 37.6 Å². The maximum Gasteiger partial charge on any atom is 0.0163 e. The summed E-state index contributed by atoms with van der Waals surface area (Å²) in [7, 11) is 0. The lowest BCUT2D eigenvalue weighted by Crippen LogP contribution is -2.36. The van der Waals surface area contributed by atoms with Crippen LogP contribution in [0, 0.1) is 0 Å². The first-order valence-electron chi connectivity index (χ1n) is 6.63. The molecule has 0 unspecified atom stereocenters. The molecule has 0 aliphatic heterocycles. The van der Waals surface area contributed by atoms with Crippen LogP contribution in [0.3, 0.4) is 0 Å². The van der Waals surface area contributed by atoms with Crippen molar-refractivity contribution in [2.45, 2.75) is 58.0 Å². The minimum Gasteiger partial charge on any atom is -0.312 e. The van der Waals surface area contributed by atoms with Crippen LogP contribution >= 0.6 is 0 Å². The van der Waals surface area contributed by atoms with E-state index in [1.807, 2.05) is 6.08 Å². The fourth-order valence-corrected chi connectivity index (χ4v) is 1.93. The van der Waals surface area contributed by atoms with Crippen LogP contribution in [-0.2, 0) is 0 Å². The Morgan fingerprint density at radius 2 is 2.00 bits per heavy atom. The molecule has 1 rings (SSSR count). The number of hydrogen-bond acceptors (Lipinski definition) is 2. The van der Waals surface area contributed by atoms with E-state index in [-0.39, 0.29) is 5.54 Å². The molecule has 0 heterocycles. The Morgan fingerprint density at radius 3 is 2.50 bits per heavy atom. The molecule has 1 fully saturated rings. The Bertz CT molecular complexity index is 201. The number of rotatable bonds is 8. The minimum absolute atomic E-state index is 0.261. The highest BCUT2D eigenvalue weighted by molar-refractivity contribution is 4.88. The van der Waals surface area contributed by atoms with Crippen molar-refractivity contribution < 1.29 is 0 Å². The van der Waals surface area contributed by atoms with Crippen molar-refractivity contribution in [2.75, 3.05) is 19.6 Å². The molecule has 1 aliphatic rings. The van der Waals surface area contributed by atoms with Gasteiger partial charge in [0.15, 0.2) is 0 Å². The number of hydrogen-bond donors (Lipinski definition) is 1. The van der Waals surface area contributed by atoms with Crippen molar-refractivity contribution in [3.05, 3.63) is 12.7 Å². The first-order chi connectivity index (χ1) is 7.53. The van der Waals surface area contributed by atoms with Crippen LogP contribution in [-0.4, -0.2) is 36.1 Å². The van der Waals surface area contributed by atoms with Gasteiger partial charge in [0.25, 0.3) is 0 Å². The first-order valence-corrected chi connectivity index (χ1v) is 6.63. The Balaban J connectivity index is 2.02. The third-order valence-electron chi connectivity index (χ3n) is 2.95. The third-order valence-corrected chi connectivity index (χ3v) is 2.95. The molecule has 0 aromatic carbocycles. The van der Waals surface area contributed by atoms with Crippen LogP contribution in [0.2, 0.25) is 0 Å². The van der Waals surface area contributed by atoms with Crippen LogP contribution in [0.25, 0.3) is 0 Å². The zero-order valence-electron chi connectivity index (χ0n) is 11.3. The molecule has 0 aromatic rings. The molecule has 1 aliphatic carbocycles. The second kappa shape index (κ2) is 6.41. The minimum atomic E-state index is 0.261. The second-order valence-corrected chi connectivity index (χ2v) is 5.90. The molecular weight excluding hydrogens is 196 g/mol. The van der Waals surface area contributed by atoms with E-state index in [1.54, 1.807) is 0 Å². The molecule has 2 heteroatoms. The average molecular weight is 224 g/mol. The Labute approximate surface area is 101 Å². The van der Waals surface area contributed by atoms with Gasteiger partial charge in [-0.3, -0.25) is 4.90 Å². The van der Waals surface area contributed by atoms with E-state index in [0.29, 0.717) is 0 Å². The van der Waals surface area contributed by atoms with Crippen LogP contribution in [0.15, 0.2) is 12.7 Å². The van der Waals surface area contributed by atoms with Crippen molar-refractivity contribution in [2.24, 2.45) is 0 Å². The van der Waals surface area contributed by atoms with E-state index in [0.717, 1.165) is 19.1 Å². The predicted molar refractivity (Wildman–Crippen MR) is 71.8 cm³/mol. The summed E-state index contributed by atoms with van der Waals surface area (Å²) in [6.45, 7) is 13.9. The van der Waals surface area contributed by atoms with Gasteiger partial charge in [-0.25, -0.2) is 0 Å². The summed E-state index contributed by atoms with van der Waals surface area (Å²) in [5, 5.41) is 3.53. The van der Waals surface area contributed by atoms with Crippen molar-refractivity contribution >= 4 is 0 Å². The molecule has 0 atom stereocenters. The van der Waals surface area contributed by atoms with Gasteiger partial charge in [0, 0.05) is 18.1 Å². The zero-order valence-corrected chi connectivity index (χ0v) is 11.3.